The molecule has 0 spiro atoms. The lowest BCUT2D eigenvalue weighted by Crippen LogP contribution is -2.43. The molecule has 0 aromatic rings. The highest BCUT2D eigenvalue weighted by molar-refractivity contribution is 6.05. The van der Waals surface area contributed by atoms with Gasteiger partial charge in [0.05, 0.1) is 7.11 Å². The number of esters is 1. The van der Waals surface area contributed by atoms with Crippen molar-refractivity contribution in [1.29, 1.82) is 0 Å². The Bertz CT molecular complexity index is 272. The van der Waals surface area contributed by atoms with Crippen LogP contribution in [0.4, 0.5) is 0 Å². The zero-order chi connectivity index (χ0) is 10.1. The highest BCUT2D eigenvalue weighted by atomic mass is 16.5. The molecule has 0 heterocycles. The van der Waals surface area contributed by atoms with Crippen molar-refractivity contribution in [2.45, 2.75) is 19.3 Å². The lowest BCUT2D eigenvalue weighted by Gasteiger charge is -2.23. The fourth-order valence-corrected chi connectivity index (χ4v) is 1.78. The quantitative estimate of drug-likeness (QED) is 0.382. The number of methoxy groups -OCH3 is 1. The Morgan fingerprint density at radius 3 is 2.54 bits per heavy atom. The third kappa shape index (κ3) is 1.22. The van der Waals surface area contributed by atoms with Gasteiger partial charge in [-0.15, -0.1) is 0 Å². The SMILES string of the molecule is C=C1CCCC1(C(N)=O)C(=O)OC. The fourth-order valence-electron chi connectivity index (χ4n) is 1.78. The summed E-state index contributed by atoms with van der Waals surface area (Å²) in [6.45, 7) is 3.70. The zero-order valence-corrected chi connectivity index (χ0v) is 7.63. The van der Waals surface area contributed by atoms with Gasteiger partial charge in [-0.3, -0.25) is 9.59 Å². The molecule has 1 aliphatic rings. The molecule has 0 aromatic heterocycles. The predicted molar refractivity (Wildman–Crippen MR) is 46.6 cm³/mol. The summed E-state index contributed by atoms with van der Waals surface area (Å²) in [6.07, 6.45) is 1.85. The first-order valence-corrected chi connectivity index (χ1v) is 4.12. The number of carbonyl (C=O) groups excluding carboxylic acids is 2. The summed E-state index contributed by atoms with van der Waals surface area (Å²) in [4.78, 5) is 22.6. The van der Waals surface area contributed by atoms with Crippen LogP contribution in [0.3, 0.4) is 0 Å². The van der Waals surface area contributed by atoms with Crippen molar-refractivity contribution < 1.29 is 14.3 Å². The second kappa shape index (κ2) is 3.20. The number of carbonyl (C=O) groups is 2. The maximum absolute atomic E-state index is 11.4. The van der Waals surface area contributed by atoms with Crippen LogP contribution in [-0.2, 0) is 14.3 Å². The minimum Gasteiger partial charge on any atom is -0.468 e. The molecule has 0 radical (unpaired) electrons. The number of rotatable bonds is 2. The van der Waals surface area contributed by atoms with E-state index in [9.17, 15) is 9.59 Å². The van der Waals surface area contributed by atoms with Gasteiger partial charge >= 0.3 is 5.97 Å². The molecule has 72 valence electrons. The highest BCUT2D eigenvalue weighted by Crippen LogP contribution is 2.42. The molecule has 1 atom stereocenters. The average molecular weight is 183 g/mol. The molecule has 1 aliphatic carbocycles. The van der Waals surface area contributed by atoms with Crippen LogP contribution in [0.5, 0.6) is 0 Å². The van der Waals surface area contributed by atoms with Gasteiger partial charge in [0, 0.05) is 0 Å². The summed E-state index contributed by atoms with van der Waals surface area (Å²) >= 11 is 0. The molecule has 0 bridgehead atoms. The van der Waals surface area contributed by atoms with E-state index in [-0.39, 0.29) is 0 Å². The molecule has 2 N–H and O–H groups in total. The minimum atomic E-state index is -1.26. The molecule has 0 saturated heterocycles. The Morgan fingerprint density at radius 1 is 1.62 bits per heavy atom. The van der Waals surface area contributed by atoms with E-state index in [4.69, 9.17) is 5.73 Å². The molecule has 4 nitrogen and oxygen atoms in total. The summed E-state index contributed by atoms with van der Waals surface area (Å²) in [5.41, 5.74) is 4.52. The summed E-state index contributed by atoms with van der Waals surface area (Å²) < 4.78 is 4.57. The Balaban J connectivity index is 3.08. The lowest BCUT2D eigenvalue weighted by atomic mass is 9.82. The minimum absolute atomic E-state index is 0.424. The van der Waals surface area contributed by atoms with Crippen LogP contribution in [0.1, 0.15) is 19.3 Å². The van der Waals surface area contributed by atoms with E-state index in [1.54, 1.807) is 0 Å². The van der Waals surface area contributed by atoms with Crippen LogP contribution in [-0.4, -0.2) is 19.0 Å². The molecule has 1 unspecified atom stereocenters. The molecule has 1 fully saturated rings. The first-order chi connectivity index (χ1) is 6.05. The second-order valence-electron chi connectivity index (χ2n) is 3.22. The van der Waals surface area contributed by atoms with Gasteiger partial charge in [-0.05, 0) is 19.3 Å². The maximum atomic E-state index is 11.4. The molecule has 4 heteroatoms. The molecule has 1 saturated carbocycles. The molecule has 13 heavy (non-hydrogen) atoms. The average Bonchev–Trinajstić information content (AvgIpc) is 2.47. The van der Waals surface area contributed by atoms with Crippen LogP contribution in [0.25, 0.3) is 0 Å². The zero-order valence-electron chi connectivity index (χ0n) is 7.63. The van der Waals surface area contributed by atoms with E-state index in [1.807, 2.05) is 0 Å². The third-order valence-corrected chi connectivity index (χ3v) is 2.59. The monoisotopic (exact) mass is 183 g/mol. The molecular weight excluding hydrogens is 170 g/mol. The number of hydrogen-bond donors (Lipinski definition) is 1. The van der Waals surface area contributed by atoms with E-state index in [0.717, 1.165) is 6.42 Å². The number of hydrogen-bond acceptors (Lipinski definition) is 3. The third-order valence-electron chi connectivity index (χ3n) is 2.59. The number of primary amides is 1. The first kappa shape index (κ1) is 9.77. The van der Waals surface area contributed by atoms with Gasteiger partial charge in [-0.25, -0.2) is 0 Å². The van der Waals surface area contributed by atoms with E-state index in [1.165, 1.54) is 7.11 Å². The Labute approximate surface area is 76.7 Å². The van der Waals surface area contributed by atoms with Crippen molar-refractivity contribution in [2.24, 2.45) is 11.1 Å². The van der Waals surface area contributed by atoms with Gasteiger partial charge in [0.15, 0.2) is 5.41 Å². The Kier molecular flexibility index (Phi) is 2.40. The number of amides is 1. The van der Waals surface area contributed by atoms with Crippen molar-refractivity contribution in [3.63, 3.8) is 0 Å². The van der Waals surface area contributed by atoms with Crippen molar-refractivity contribution >= 4 is 11.9 Å². The van der Waals surface area contributed by atoms with Crippen LogP contribution in [0.2, 0.25) is 0 Å². The number of ether oxygens (including phenoxy) is 1. The van der Waals surface area contributed by atoms with Crippen molar-refractivity contribution in [2.75, 3.05) is 7.11 Å². The van der Waals surface area contributed by atoms with Crippen LogP contribution >= 0.6 is 0 Å². The van der Waals surface area contributed by atoms with E-state index in [0.29, 0.717) is 18.4 Å². The summed E-state index contributed by atoms with van der Waals surface area (Å²) in [5.74, 6) is -1.23. The highest BCUT2D eigenvalue weighted by Gasteiger charge is 2.50. The van der Waals surface area contributed by atoms with Crippen molar-refractivity contribution in [3.05, 3.63) is 12.2 Å². The van der Waals surface area contributed by atoms with Crippen molar-refractivity contribution in [1.82, 2.24) is 0 Å². The molecule has 1 rings (SSSR count). The van der Waals surface area contributed by atoms with Gasteiger partial charge in [0.25, 0.3) is 0 Å². The molecule has 1 amide bonds. The van der Waals surface area contributed by atoms with E-state index in [2.05, 4.69) is 11.3 Å². The first-order valence-electron chi connectivity index (χ1n) is 4.12. The van der Waals surface area contributed by atoms with Gasteiger partial charge in [-0.2, -0.15) is 0 Å². The van der Waals surface area contributed by atoms with Gasteiger partial charge in [-0.1, -0.05) is 12.2 Å². The van der Waals surface area contributed by atoms with Gasteiger partial charge in [0.2, 0.25) is 5.91 Å². The van der Waals surface area contributed by atoms with Crippen molar-refractivity contribution in [3.8, 4) is 0 Å². The summed E-state index contributed by atoms with van der Waals surface area (Å²) in [6, 6.07) is 0. The largest absolute Gasteiger partial charge is 0.468 e. The van der Waals surface area contributed by atoms with Gasteiger partial charge < -0.3 is 10.5 Å². The fraction of sp³-hybridized carbons (Fsp3) is 0.556. The Morgan fingerprint density at radius 2 is 2.23 bits per heavy atom. The molecular formula is C9H13NO3. The number of nitrogens with two attached hydrogens (primary N) is 1. The second-order valence-corrected chi connectivity index (χ2v) is 3.22. The Hall–Kier alpha value is -1.32. The standard InChI is InChI=1S/C9H13NO3/c1-6-4-3-5-9(6,7(10)11)8(12)13-2/h1,3-5H2,2H3,(H2,10,11). The van der Waals surface area contributed by atoms with Crippen LogP contribution < -0.4 is 5.73 Å². The summed E-state index contributed by atoms with van der Waals surface area (Å²) in [5, 5.41) is 0. The van der Waals surface area contributed by atoms with Gasteiger partial charge in [0.1, 0.15) is 0 Å². The smallest absolute Gasteiger partial charge is 0.325 e. The topological polar surface area (TPSA) is 69.4 Å². The normalized spacial score (nSPS) is 27.3. The van der Waals surface area contributed by atoms with Crippen LogP contribution in [0, 0.1) is 5.41 Å². The molecule has 0 aliphatic heterocycles. The summed E-state index contributed by atoms with van der Waals surface area (Å²) in [7, 11) is 1.25. The maximum Gasteiger partial charge on any atom is 0.325 e. The van der Waals surface area contributed by atoms with Crippen LogP contribution in [0.15, 0.2) is 12.2 Å². The predicted octanol–water partition coefficient (Wildman–Crippen LogP) is 0.371. The molecule has 0 aromatic carbocycles. The van der Waals surface area contributed by atoms with E-state index < -0.39 is 17.3 Å². The van der Waals surface area contributed by atoms with E-state index >= 15 is 0 Å². The lowest BCUT2D eigenvalue weighted by molar-refractivity contribution is -0.154.